The average Bonchev–Trinajstić information content (AvgIpc) is 3.06. The van der Waals surface area contributed by atoms with Gasteiger partial charge < -0.3 is 15.0 Å². The number of benzene rings is 1. The number of amides is 1. The van der Waals surface area contributed by atoms with E-state index in [9.17, 15) is 4.79 Å². The third-order valence-electron chi connectivity index (χ3n) is 4.12. The summed E-state index contributed by atoms with van der Waals surface area (Å²) in [6, 6.07) is 9.19. The molecule has 1 aromatic carbocycles. The first-order valence-electron chi connectivity index (χ1n) is 7.71. The standard InChI is InChI=1S/C17H20N2O2S/c20-16(13-5-2-1-3-6-13)18-17(22)14-7-4-8-15(14)19-9-11-21-12-10-19/h1-3,5-6H,4,7-12H2,(H,18,20,22). The maximum Gasteiger partial charge on any atom is 0.256 e. The fourth-order valence-corrected chi connectivity index (χ4v) is 3.31. The van der Waals surface area contributed by atoms with Crippen molar-refractivity contribution < 1.29 is 9.53 Å². The van der Waals surface area contributed by atoms with Gasteiger partial charge in [-0.05, 0) is 31.4 Å². The number of ether oxygens (including phenoxy) is 1. The van der Waals surface area contributed by atoms with Crippen molar-refractivity contribution in [3.8, 4) is 0 Å². The van der Waals surface area contributed by atoms with Gasteiger partial charge >= 0.3 is 0 Å². The summed E-state index contributed by atoms with van der Waals surface area (Å²) in [6.45, 7) is 3.35. The van der Waals surface area contributed by atoms with Gasteiger partial charge in [-0.15, -0.1) is 0 Å². The summed E-state index contributed by atoms with van der Waals surface area (Å²) in [5.41, 5.74) is 3.05. The minimum Gasteiger partial charge on any atom is -0.378 e. The molecule has 1 fully saturated rings. The van der Waals surface area contributed by atoms with Crippen molar-refractivity contribution in [2.75, 3.05) is 26.3 Å². The Labute approximate surface area is 136 Å². The summed E-state index contributed by atoms with van der Waals surface area (Å²) < 4.78 is 5.41. The molecule has 2 aliphatic rings. The van der Waals surface area contributed by atoms with E-state index in [1.54, 1.807) is 12.1 Å². The highest BCUT2D eigenvalue weighted by atomic mass is 32.1. The molecule has 1 N–H and O–H groups in total. The zero-order chi connectivity index (χ0) is 15.4. The van der Waals surface area contributed by atoms with E-state index in [0.29, 0.717) is 10.6 Å². The van der Waals surface area contributed by atoms with Crippen LogP contribution in [0, 0.1) is 0 Å². The predicted molar refractivity (Wildman–Crippen MR) is 89.8 cm³/mol. The van der Waals surface area contributed by atoms with Crippen LogP contribution in [0.2, 0.25) is 0 Å². The third-order valence-corrected chi connectivity index (χ3v) is 4.47. The number of carbonyl (C=O) groups excluding carboxylic acids is 1. The maximum absolute atomic E-state index is 12.2. The minimum atomic E-state index is -0.133. The van der Waals surface area contributed by atoms with Crippen molar-refractivity contribution in [3.05, 3.63) is 47.2 Å². The second kappa shape index (κ2) is 7.03. The number of nitrogens with zero attached hydrogens (tertiary/aromatic N) is 1. The van der Waals surface area contributed by atoms with Crippen molar-refractivity contribution in [1.82, 2.24) is 10.2 Å². The summed E-state index contributed by atoms with van der Waals surface area (Å²) >= 11 is 5.49. The first kappa shape index (κ1) is 15.2. The van der Waals surface area contributed by atoms with Crippen LogP contribution in [0.3, 0.4) is 0 Å². The molecule has 1 aliphatic heterocycles. The van der Waals surface area contributed by atoms with Crippen LogP contribution >= 0.6 is 12.2 Å². The zero-order valence-corrected chi connectivity index (χ0v) is 13.3. The molecule has 0 radical (unpaired) electrons. The van der Waals surface area contributed by atoms with Gasteiger partial charge in [0.05, 0.1) is 13.2 Å². The summed E-state index contributed by atoms with van der Waals surface area (Å²) in [4.78, 5) is 15.2. The maximum atomic E-state index is 12.2. The Bertz CT molecular complexity index is 592. The normalized spacial score (nSPS) is 18.5. The molecule has 0 saturated carbocycles. The molecule has 1 heterocycles. The van der Waals surface area contributed by atoms with Gasteiger partial charge in [0.1, 0.15) is 4.99 Å². The van der Waals surface area contributed by atoms with Crippen LogP contribution in [0.5, 0.6) is 0 Å². The highest BCUT2D eigenvalue weighted by molar-refractivity contribution is 7.80. The monoisotopic (exact) mass is 316 g/mol. The second-order valence-corrected chi connectivity index (χ2v) is 5.94. The SMILES string of the molecule is O=C(NC(=S)C1=C(N2CCOCC2)CCC1)c1ccccc1. The van der Waals surface area contributed by atoms with Gasteiger partial charge in [0.15, 0.2) is 0 Å². The molecule has 0 aromatic heterocycles. The van der Waals surface area contributed by atoms with Gasteiger partial charge in [0.2, 0.25) is 0 Å². The van der Waals surface area contributed by atoms with Gasteiger partial charge in [-0.25, -0.2) is 0 Å². The lowest BCUT2D eigenvalue weighted by atomic mass is 10.1. The van der Waals surface area contributed by atoms with Crippen LogP contribution in [0.15, 0.2) is 41.6 Å². The molecule has 0 unspecified atom stereocenters. The van der Waals surface area contributed by atoms with E-state index in [1.807, 2.05) is 18.2 Å². The quantitative estimate of drug-likeness (QED) is 0.870. The van der Waals surface area contributed by atoms with Crippen LogP contribution in [-0.4, -0.2) is 42.1 Å². The molecule has 1 aliphatic carbocycles. The van der Waals surface area contributed by atoms with E-state index in [-0.39, 0.29) is 5.91 Å². The van der Waals surface area contributed by atoms with Crippen molar-refractivity contribution in [3.63, 3.8) is 0 Å². The van der Waals surface area contributed by atoms with Gasteiger partial charge in [0, 0.05) is 29.9 Å². The van der Waals surface area contributed by atoms with Crippen LogP contribution < -0.4 is 5.32 Å². The fraction of sp³-hybridized carbons (Fsp3) is 0.412. The summed E-state index contributed by atoms with van der Waals surface area (Å²) in [7, 11) is 0. The number of morpholine rings is 1. The van der Waals surface area contributed by atoms with Crippen molar-refractivity contribution in [1.29, 1.82) is 0 Å². The molecule has 0 bridgehead atoms. The number of nitrogens with one attached hydrogen (secondary N) is 1. The van der Waals surface area contributed by atoms with E-state index < -0.39 is 0 Å². The van der Waals surface area contributed by atoms with E-state index >= 15 is 0 Å². The smallest absolute Gasteiger partial charge is 0.256 e. The van der Waals surface area contributed by atoms with Gasteiger partial charge in [-0.2, -0.15) is 0 Å². The molecule has 22 heavy (non-hydrogen) atoms. The summed E-state index contributed by atoms with van der Waals surface area (Å²) in [5.74, 6) is -0.133. The number of rotatable bonds is 3. The third kappa shape index (κ3) is 3.36. The molecule has 0 spiro atoms. The first-order valence-corrected chi connectivity index (χ1v) is 8.12. The fourth-order valence-electron chi connectivity index (χ4n) is 2.99. The number of hydrogen-bond acceptors (Lipinski definition) is 4. The Morgan fingerprint density at radius 3 is 2.59 bits per heavy atom. The Morgan fingerprint density at radius 2 is 1.86 bits per heavy atom. The van der Waals surface area contributed by atoms with Crippen LogP contribution in [0.25, 0.3) is 0 Å². The molecule has 116 valence electrons. The van der Waals surface area contributed by atoms with Crippen LogP contribution in [0.4, 0.5) is 0 Å². The first-order chi connectivity index (χ1) is 10.8. The van der Waals surface area contributed by atoms with E-state index in [4.69, 9.17) is 17.0 Å². The minimum absolute atomic E-state index is 0.133. The number of allylic oxidation sites excluding steroid dienone is 1. The second-order valence-electron chi connectivity index (χ2n) is 5.53. The van der Waals surface area contributed by atoms with Crippen molar-refractivity contribution >= 4 is 23.1 Å². The van der Waals surface area contributed by atoms with Gasteiger partial charge in [-0.1, -0.05) is 30.4 Å². The lowest BCUT2D eigenvalue weighted by Gasteiger charge is -2.31. The van der Waals surface area contributed by atoms with E-state index in [0.717, 1.165) is 51.1 Å². The van der Waals surface area contributed by atoms with Gasteiger partial charge in [-0.3, -0.25) is 4.79 Å². The summed E-state index contributed by atoms with van der Waals surface area (Å²) in [6.07, 6.45) is 3.08. The molecule has 0 atom stereocenters. The molecule has 5 heteroatoms. The van der Waals surface area contributed by atoms with E-state index in [2.05, 4.69) is 10.2 Å². The van der Waals surface area contributed by atoms with E-state index in [1.165, 1.54) is 5.70 Å². The highest BCUT2D eigenvalue weighted by Crippen LogP contribution is 2.30. The molecule has 3 rings (SSSR count). The van der Waals surface area contributed by atoms with Crippen LogP contribution in [-0.2, 0) is 4.74 Å². The molecule has 4 nitrogen and oxygen atoms in total. The highest BCUT2D eigenvalue weighted by Gasteiger charge is 2.25. The average molecular weight is 316 g/mol. The molecule has 1 amide bonds. The number of thiocarbonyl (C=S) groups is 1. The van der Waals surface area contributed by atoms with Gasteiger partial charge in [0.25, 0.3) is 5.91 Å². The number of hydrogen-bond donors (Lipinski definition) is 1. The summed E-state index contributed by atoms with van der Waals surface area (Å²) in [5, 5.41) is 2.88. The zero-order valence-electron chi connectivity index (χ0n) is 12.5. The molecular weight excluding hydrogens is 296 g/mol. The molecule has 1 saturated heterocycles. The Kier molecular flexibility index (Phi) is 4.85. The van der Waals surface area contributed by atoms with Crippen molar-refractivity contribution in [2.45, 2.75) is 19.3 Å². The van der Waals surface area contributed by atoms with Crippen LogP contribution in [0.1, 0.15) is 29.6 Å². The molecule has 1 aromatic rings. The largest absolute Gasteiger partial charge is 0.378 e. The number of carbonyl (C=O) groups is 1. The Morgan fingerprint density at radius 1 is 1.14 bits per heavy atom. The Hall–Kier alpha value is -1.72. The predicted octanol–water partition coefficient (Wildman–Crippen LogP) is 2.51. The Balaban J connectivity index is 1.71. The lowest BCUT2D eigenvalue weighted by molar-refractivity contribution is 0.0524. The lowest BCUT2D eigenvalue weighted by Crippen LogP contribution is -2.37. The topological polar surface area (TPSA) is 41.6 Å². The van der Waals surface area contributed by atoms with Crippen molar-refractivity contribution in [2.24, 2.45) is 0 Å². The molecular formula is C17H20N2O2S.